The fraction of sp³-hybridized carbons (Fsp3) is 0.429. The van der Waals surface area contributed by atoms with E-state index in [1.165, 1.54) is 0 Å². The number of carboxylic acids is 1. The molecule has 19 heavy (non-hydrogen) atoms. The molecule has 0 aliphatic rings. The van der Waals surface area contributed by atoms with E-state index in [2.05, 4.69) is 5.32 Å². The molecule has 0 aromatic heterocycles. The van der Waals surface area contributed by atoms with E-state index >= 15 is 0 Å². The third-order valence-electron chi connectivity index (χ3n) is 2.96. The summed E-state index contributed by atoms with van der Waals surface area (Å²) in [5, 5.41) is 11.8. The van der Waals surface area contributed by atoms with E-state index in [0.29, 0.717) is 5.56 Å². The van der Waals surface area contributed by atoms with Crippen molar-refractivity contribution >= 4 is 17.6 Å². The second-order valence-electron chi connectivity index (χ2n) is 5.64. The Morgan fingerprint density at radius 2 is 1.89 bits per heavy atom. The molecule has 0 radical (unpaired) electrons. The number of nitrogens with two attached hydrogens (primary N) is 1. The van der Waals surface area contributed by atoms with Crippen molar-refractivity contribution in [3.05, 3.63) is 29.3 Å². The lowest BCUT2D eigenvalue weighted by atomic mass is 9.87. The lowest BCUT2D eigenvalue weighted by molar-refractivity contribution is -0.119. The fourth-order valence-corrected chi connectivity index (χ4v) is 1.66. The Labute approximate surface area is 112 Å². The van der Waals surface area contributed by atoms with Crippen LogP contribution in [0.4, 0.5) is 5.69 Å². The lowest BCUT2D eigenvalue weighted by Gasteiger charge is -2.26. The van der Waals surface area contributed by atoms with Gasteiger partial charge in [-0.25, -0.2) is 4.79 Å². The SMILES string of the molecule is Cc1cccc(NC(=O)[C@H](N)C(C)(C)C)c1C(=O)O. The first kappa shape index (κ1) is 15.2. The lowest BCUT2D eigenvalue weighted by Crippen LogP contribution is -2.45. The summed E-state index contributed by atoms with van der Waals surface area (Å²) >= 11 is 0. The maximum atomic E-state index is 12.0. The third kappa shape index (κ3) is 3.54. The summed E-state index contributed by atoms with van der Waals surface area (Å²) in [6.07, 6.45) is 0. The minimum Gasteiger partial charge on any atom is -0.478 e. The van der Waals surface area contributed by atoms with Gasteiger partial charge >= 0.3 is 5.97 Å². The van der Waals surface area contributed by atoms with Crippen LogP contribution in [0.2, 0.25) is 0 Å². The molecular weight excluding hydrogens is 244 g/mol. The zero-order chi connectivity index (χ0) is 14.8. The molecular formula is C14H20N2O3. The zero-order valence-corrected chi connectivity index (χ0v) is 11.7. The highest BCUT2D eigenvalue weighted by atomic mass is 16.4. The van der Waals surface area contributed by atoms with E-state index in [9.17, 15) is 14.7 Å². The summed E-state index contributed by atoms with van der Waals surface area (Å²) in [5.74, 6) is -1.46. The summed E-state index contributed by atoms with van der Waals surface area (Å²) in [6.45, 7) is 7.24. The van der Waals surface area contributed by atoms with E-state index < -0.39 is 17.4 Å². The summed E-state index contributed by atoms with van der Waals surface area (Å²) in [7, 11) is 0. The Balaban J connectivity index is 3.04. The molecule has 5 nitrogen and oxygen atoms in total. The highest BCUT2D eigenvalue weighted by molar-refractivity contribution is 6.03. The van der Waals surface area contributed by atoms with E-state index in [1.807, 2.05) is 20.8 Å². The molecule has 1 aromatic rings. The van der Waals surface area contributed by atoms with E-state index in [-0.39, 0.29) is 17.2 Å². The van der Waals surface area contributed by atoms with Crippen LogP contribution in [0, 0.1) is 12.3 Å². The van der Waals surface area contributed by atoms with Crippen LogP contribution in [-0.2, 0) is 4.79 Å². The highest BCUT2D eigenvalue weighted by Gasteiger charge is 2.28. The molecule has 0 saturated carbocycles. The number of rotatable bonds is 3. The van der Waals surface area contributed by atoms with Gasteiger partial charge in [-0.05, 0) is 24.0 Å². The van der Waals surface area contributed by atoms with Crippen LogP contribution >= 0.6 is 0 Å². The second kappa shape index (κ2) is 5.40. The van der Waals surface area contributed by atoms with Crippen LogP contribution in [0.25, 0.3) is 0 Å². The van der Waals surface area contributed by atoms with Crippen molar-refractivity contribution in [1.82, 2.24) is 0 Å². The number of carbonyl (C=O) groups excluding carboxylic acids is 1. The maximum absolute atomic E-state index is 12.0. The van der Waals surface area contributed by atoms with E-state index in [0.717, 1.165) is 0 Å². The fourth-order valence-electron chi connectivity index (χ4n) is 1.66. The summed E-state index contributed by atoms with van der Waals surface area (Å²) in [5.41, 5.74) is 6.42. The van der Waals surface area contributed by atoms with Crippen molar-refractivity contribution in [3.63, 3.8) is 0 Å². The molecule has 0 bridgehead atoms. The average molecular weight is 264 g/mol. The number of aryl methyl sites for hydroxylation is 1. The molecule has 5 heteroatoms. The van der Waals surface area contributed by atoms with Gasteiger partial charge in [0.1, 0.15) is 0 Å². The minimum absolute atomic E-state index is 0.0944. The molecule has 1 atom stereocenters. The first-order valence-electron chi connectivity index (χ1n) is 6.04. The minimum atomic E-state index is -1.07. The van der Waals surface area contributed by atoms with E-state index in [4.69, 9.17) is 5.73 Å². The van der Waals surface area contributed by atoms with Crippen molar-refractivity contribution in [2.45, 2.75) is 33.7 Å². The maximum Gasteiger partial charge on any atom is 0.338 e. The molecule has 0 aliphatic carbocycles. The van der Waals surface area contributed by atoms with Gasteiger partial charge in [0, 0.05) is 0 Å². The summed E-state index contributed by atoms with van der Waals surface area (Å²) < 4.78 is 0. The smallest absolute Gasteiger partial charge is 0.338 e. The number of aromatic carboxylic acids is 1. The van der Waals surface area contributed by atoms with Crippen molar-refractivity contribution in [2.75, 3.05) is 5.32 Å². The van der Waals surface area contributed by atoms with Gasteiger partial charge in [0.25, 0.3) is 0 Å². The van der Waals surface area contributed by atoms with Gasteiger partial charge in [0.2, 0.25) is 5.91 Å². The Morgan fingerprint density at radius 1 is 1.32 bits per heavy atom. The molecule has 0 aliphatic heterocycles. The Bertz CT molecular complexity index is 504. The topological polar surface area (TPSA) is 92.4 Å². The van der Waals surface area contributed by atoms with Crippen molar-refractivity contribution in [1.29, 1.82) is 0 Å². The Kier molecular flexibility index (Phi) is 4.32. The van der Waals surface area contributed by atoms with Crippen LogP contribution in [0.15, 0.2) is 18.2 Å². The molecule has 1 amide bonds. The third-order valence-corrected chi connectivity index (χ3v) is 2.96. The monoisotopic (exact) mass is 264 g/mol. The van der Waals surface area contributed by atoms with Gasteiger partial charge in [-0.2, -0.15) is 0 Å². The van der Waals surface area contributed by atoms with Crippen LogP contribution in [0.1, 0.15) is 36.7 Å². The number of nitrogens with one attached hydrogen (secondary N) is 1. The number of benzene rings is 1. The molecule has 1 aromatic carbocycles. The van der Waals surface area contributed by atoms with Crippen molar-refractivity contribution in [3.8, 4) is 0 Å². The molecule has 0 heterocycles. The number of amides is 1. The molecule has 0 fully saturated rings. The summed E-state index contributed by atoms with van der Waals surface area (Å²) in [6, 6.07) is 4.22. The van der Waals surface area contributed by atoms with Gasteiger partial charge < -0.3 is 16.2 Å². The predicted octanol–water partition coefficient (Wildman–Crippen LogP) is 2.01. The van der Waals surface area contributed by atoms with Gasteiger partial charge in [0.05, 0.1) is 17.3 Å². The van der Waals surface area contributed by atoms with Crippen LogP contribution < -0.4 is 11.1 Å². The van der Waals surface area contributed by atoms with Crippen LogP contribution in [0.3, 0.4) is 0 Å². The molecule has 0 saturated heterocycles. The zero-order valence-electron chi connectivity index (χ0n) is 11.7. The number of anilines is 1. The number of carboxylic acid groups (broad SMARTS) is 1. The first-order chi connectivity index (χ1) is 8.64. The number of hydrogen-bond donors (Lipinski definition) is 3. The Morgan fingerprint density at radius 3 is 2.37 bits per heavy atom. The predicted molar refractivity (Wildman–Crippen MR) is 74.2 cm³/mol. The normalized spacial score (nSPS) is 12.9. The standard InChI is InChI=1S/C14H20N2O3/c1-8-6-5-7-9(10(8)13(18)19)16-12(17)11(15)14(2,3)4/h5-7,11H,15H2,1-4H3,(H,16,17)(H,18,19)/t11-/m0/s1. The largest absolute Gasteiger partial charge is 0.478 e. The molecule has 4 N–H and O–H groups in total. The van der Waals surface area contributed by atoms with Crippen molar-refractivity contribution in [2.24, 2.45) is 11.1 Å². The summed E-state index contributed by atoms with van der Waals surface area (Å²) in [4.78, 5) is 23.2. The van der Waals surface area contributed by atoms with Crippen LogP contribution in [0.5, 0.6) is 0 Å². The number of hydrogen-bond acceptors (Lipinski definition) is 3. The highest BCUT2D eigenvalue weighted by Crippen LogP contribution is 2.22. The van der Waals surface area contributed by atoms with Gasteiger partial charge in [-0.1, -0.05) is 32.9 Å². The van der Waals surface area contributed by atoms with Gasteiger partial charge in [-0.15, -0.1) is 0 Å². The first-order valence-corrected chi connectivity index (χ1v) is 6.04. The van der Waals surface area contributed by atoms with Crippen LogP contribution in [-0.4, -0.2) is 23.0 Å². The Hall–Kier alpha value is -1.88. The molecule has 1 rings (SSSR count). The van der Waals surface area contributed by atoms with Crippen molar-refractivity contribution < 1.29 is 14.7 Å². The second-order valence-corrected chi connectivity index (χ2v) is 5.64. The molecule has 0 unspecified atom stereocenters. The average Bonchev–Trinajstić information content (AvgIpc) is 2.26. The molecule has 0 spiro atoms. The molecule has 104 valence electrons. The van der Waals surface area contributed by atoms with Gasteiger partial charge in [-0.3, -0.25) is 4.79 Å². The quantitative estimate of drug-likeness (QED) is 0.778. The number of carbonyl (C=O) groups is 2. The van der Waals surface area contributed by atoms with Gasteiger partial charge in [0.15, 0.2) is 0 Å². The van der Waals surface area contributed by atoms with E-state index in [1.54, 1.807) is 25.1 Å².